The third-order valence-electron chi connectivity index (χ3n) is 5.03. The van der Waals surface area contributed by atoms with Gasteiger partial charge in [0.05, 0.1) is 7.11 Å². The van der Waals surface area contributed by atoms with Gasteiger partial charge >= 0.3 is 0 Å². The third-order valence-corrected chi connectivity index (χ3v) is 5.03. The number of nitrogens with one attached hydrogen (secondary N) is 1. The van der Waals surface area contributed by atoms with Crippen LogP contribution in [0.5, 0.6) is 5.75 Å². The molecule has 0 amide bonds. The van der Waals surface area contributed by atoms with Gasteiger partial charge in [0.25, 0.3) is 0 Å². The molecule has 2 fully saturated rings. The van der Waals surface area contributed by atoms with Crippen molar-refractivity contribution in [3.63, 3.8) is 0 Å². The van der Waals surface area contributed by atoms with Gasteiger partial charge in [-0.1, -0.05) is 18.6 Å². The van der Waals surface area contributed by atoms with Gasteiger partial charge in [0.1, 0.15) is 5.75 Å². The molecule has 2 aliphatic rings. The molecule has 20 heavy (non-hydrogen) atoms. The molecule has 0 spiro atoms. The molecule has 1 aromatic carbocycles. The molecule has 2 heterocycles. The number of rotatable bonds is 4. The highest BCUT2D eigenvalue weighted by molar-refractivity contribution is 5.28. The van der Waals surface area contributed by atoms with Crippen LogP contribution in [0.1, 0.15) is 37.7 Å². The first kappa shape index (κ1) is 13.9. The van der Waals surface area contributed by atoms with Crippen molar-refractivity contribution in [2.75, 3.05) is 14.2 Å². The zero-order valence-corrected chi connectivity index (χ0v) is 12.6. The van der Waals surface area contributed by atoms with Gasteiger partial charge in [0, 0.05) is 24.7 Å². The fraction of sp³-hybridized carbons (Fsp3) is 0.647. The highest BCUT2D eigenvalue weighted by atomic mass is 16.5. The molecule has 1 aromatic rings. The van der Waals surface area contributed by atoms with E-state index in [2.05, 4.69) is 35.5 Å². The fourth-order valence-corrected chi connectivity index (χ4v) is 3.95. The Morgan fingerprint density at radius 2 is 2.00 bits per heavy atom. The minimum atomic E-state index is 0.715. The van der Waals surface area contributed by atoms with Crippen LogP contribution in [0.15, 0.2) is 24.3 Å². The molecule has 2 bridgehead atoms. The number of benzene rings is 1. The lowest BCUT2D eigenvalue weighted by molar-refractivity contribution is 0.0190. The van der Waals surface area contributed by atoms with Crippen molar-refractivity contribution in [1.29, 1.82) is 0 Å². The average Bonchev–Trinajstić information content (AvgIpc) is 2.47. The Bertz CT molecular complexity index is 434. The van der Waals surface area contributed by atoms with Crippen LogP contribution >= 0.6 is 0 Å². The number of methoxy groups -OCH3 is 1. The third kappa shape index (κ3) is 2.84. The van der Waals surface area contributed by atoms with E-state index < -0.39 is 0 Å². The molecule has 0 saturated carbocycles. The molecule has 2 atom stereocenters. The average molecular weight is 274 g/mol. The first-order chi connectivity index (χ1) is 9.80. The van der Waals surface area contributed by atoms with E-state index >= 15 is 0 Å². The van der Waals surface area contributed by atoms with E-state index in [1.54, 1.807) is 7.11 Å². The normalized spacial score (nSPS) is 30.2. The molecule has 2 saturated heterocycles. The van der Waals surface area contributed by atoms with Gasteiger partial charge in [0.15, 0.2) is 0 Å². The van der Waals surface area contributed by atoms with Gasteiger partial charge in [0.2, 0.25) is 0 Å². The Morgan fingerprint density at radius 1 is 1.25 bits per heavy atom. The standard InChI is InChI=1S/C17H26N2O/c1-18-14-10-15-6-4-7-16(11-14)19(15)12-13-5-3-8-17(9-13)20-2/h3,5,8-9,14-16,18H,4,6-7,10-12H2,1-2H3. The molecule has 0 aromatic heterocycles. The Hall–Kier alpha value is -1.06. The van der Waals surface area contributed by atoms with E-state index in [9.17, 15) is 0 Å². The number of ether oxygens (including phenoxy) is 1. The van der Waals surface area contributed by atoms with Gasteiger partial charge in [-0.3, -0.25) is 4.90 Å². The Balaban J connectivity index is 1.73. The van der Waals surface area contributed by atoms with Crippen molar-refractivity contribution in [2.24, 2.45) is 0 Å². The predicted molar refractivity (Wildman–Crippen MR) is 82.0 cm³/mol. The molecule has 3 heteroatoms. The predicted octanol–water partition coefficient (Wildman–Crippen LogP) is 2.80. The molecule has 2 unspecified atom stereocenters. The molecular weight excluding hydrogens is 248 g/mol. The van der Waals surface area contributed by atoms with Crippen LogP contribution in [0.3, 0.4) is 0 Å². The number of nitrogens with zero attached hydrogens (tertiary/aromatic N) is 1. The first-order valence-corrected chi connectivity index (χ1v) is 7.86. The summed E-state index contributed by atoms with van der Waals surface area (Å²) >= 11 is 0. The monoisotopic (exact) mass is 274 g/mol. The second kappa shape index (κ2) is 6.15. The maximum atomic E-state index is 5.34. The van der Waals surface area contributed by atoms with E-state index in [4.69, 9.17) is 4.74 Å². The first-order valence-electron chi connectivity index (χ1n) is 7.86. The van der Waals surface area contributed by atoms with E-state index in [0.717, 1.165) is 24.4 Å². The van der Waals surface area contributed by atoms with Gasteiger partial charge in [-0.2, -0.15) is 0 Å². The number of piperidine rings is 2. The van der Waals surface area contributed by atoms with Gasteiger partial charge in [-0.05, 0) is 50.4 Å². The largest absolute Gasteiger partial charge is 0.497 e. The minimum absolute atomic E-state index is 0.715. The second-order valence-electron chi connectivity index (χ2n) is 6.22. The number of hydrogen-bond donors (Lipinski definition) is 1. The summed E-state index contributed by atoms with van der Waals surface area (Å²) in [4.78, 5) is 2.74. The van der Waals surface area contributed by atoms with E-state index in [1.165, 1.54) is 37.7 Å². The molecule has 0 radical (unpaired) electrons. The van der Waals surface area contributed by atoms with Crippen LogP contribution in [0.25, 0.3) is 0 Å². The van der Waals surface area contributed by atoms with Gasteiger partial charge < -0.3 is 10.1 Å². The zero-order valence-electron chi connectivity index (χ0n) is 12.6. The lowest BCUT2D eigenvalue weighted by atomic mass is 9.81. The summed E-state index contributed by atoms with van der Waals surface area (Å²) in [7, 11) is 3.85. The number of fused-ring (bicyclic) bond motifs is 2. The summed E-state index contributed by atoms with van der Waals surface area (Å²) in [5, 5.41) is 3.49. The second-order valence-corrected chi connectivity index (χ2v) is 6.22. The topological polar surface area (TPSA) is 24.5 Å². The Morgan fingerprint density at radius 3 is 2.65 bits per heavy atom. The van der Waals surface area contributed by atoms with Crippen LogP contribution in [0.2, 0.25) is 0 Å². The quantitative estimate of drug-likeness (QED) is 0.913. The van der Waals surface area contributed by atoms with E-state index in [-0.39, 0.29) is 0 Å². The summed E-state index contributed by atoms with van der Waals surface area (Å²) in [6.45, 7) is 1.07. The van der Waals surface area contributed by atoms with Crippen molar-refractivity contribution >= 4 is 0 Å². The Kier molecular flexibility index (Phi) is 4.27. The highest BCUT2D eigenvalue weighted by Crippen LogP contribution is 2.35. The molecule has 0 aliphatic carbocycles. The molecular formula is C17H26N2O. The maximum Gasteiger partial charge on any atom is 0.119 e. The van der Waals surface area contributed by atoms with Crippen molar-refractivity contribution < 1.29 is 4.74 Å². The molecule has 2 aliphatic heterocycles. The van der Waals surface area contributed by atoms with Crippen molar-refractivity contribution in [1.82, 2.24) is 10.2 Å². The van der Waals surface area contributed by atoms with E-state index in [0.29, 0.717) is 6.04 Å². The smallest absolute Gasteiger partial charge is 0.119 e. The summed E-state index contributed by atoms with van der Waals surface area (Å²) in [6, 6.07) is 10.8. The van der Waals surface area contributed by atoms with Gasteiger partial charge in [-0.25, -0.2) is 0 Å². The molecule has 3 rings (SSSR count). The zero-order chi connectivity index (χ0) is 13.9. The summed E-state index contributed by atoms with van der Waals surface area (Å²) in [5.41, 5.74) is 1.38. The van der Waals surface area contributed by atoms with Crippen LogP contribution in [0.4, 0.5) is 0 Å². The lowest BCUT2D eigenvalue weighted by Gasteiger charge is -2.49. The van der Waals surface area contributed by atoms with Crippen molar-refractivity contribution in [3.8, 4) is 5.75 Å². The lowest BCUT2D eigenvalue weighted by Crippen LogP contribution is -2.55. The van der Waals surface area contributed by atoms with Crippen LogP contribution in [-0.4, -0.2) is 37.2 Å². The van der Waals surface area contributed by atoms with Gasteiger partial charge in [-0.15, -0.1) is 0 Å². The number of hydrogen-bond acceptors (Lipinski definition) is 3. The van der Waals surface area contributed by atoms with Crippen LogP contribution in [0, 0.1) is 0 Å². The molecule has 3 nitrogen and oxygen atoms in total. The fourth-order valence-electron chi connectivity index (χ4n) is 3.95. The summed E-state index contributed by atoms with van der Waals surface area (Å²) in [6.07, 6.45) is 6.73. The van der Waals surface area contributed by atoms with Crippen LogP contribution in [-0.2, 0) is 6.54 Å². The maximum absolute atomic E-state index is 5.34. The molecule has 110 valence electrons. The summed E-state index contributed by atoms with van der Waals surface area (Å²) < 4.78 is 5.34. The molecule has 1 N–H and O–H groups in total. The minimum Gasteiger partial charge on any atom is -0.497 e. The van der Waals surface area contributed by atoms with Crippen molar-refractivity contribution in [2.45, 2.75) is 56.8 Å². The van der Waals surface area contributed by atoms with E-state index in [1.807, 2.05) is 6.07 Å². The van der Waals surface area contributed by atoms with Crippen LogP contribution < -0.4 is 10.1 Å². The van der Waals surface area contributed by atoms with Crippen molar-refractivity contribution in [3.05, 3.63) is 29.8 Å². The SMILES string of the molecule is CNC1CC2CCCC(C1)N2Cc1cccc(OC)c1. The highest BCUT2D eigenvalue weighted by Gasteiger charge is 2.37. The Labute approximate surface area is 122 Å². The summed E-state index contributed by atoms with van der Waals surface area (Å²) in [5.74, 6) is 0.970.